The molecule has 1 amide bonds. The van der Waals surface area contributed by atoms with E-state index in [0.29, 0.717) is 17.9 Å². The van der Waals surface area contributed by atoms with Gasteiger partial charge < -0.3 is 9.47 Å². The number of nitrogens with zero attached hydrogens (tertiary/aromatic N) is 2. The molecular formula is C26H22BrN3O3. The van der Waals surface area contributed by atoms with Crippen molar-refractivity contribution < 1.29 is 14.3 Å². The minimum atomic E-state index is -0.364. The first-order valence-corrected chi connectivity index (χ1v) is 11.1. The molecule has 4 aromatic rings. The van der Waals surface area contributed by atoms with Gasteiger partial charge in [0.2, 0.25) is 0 Å². The van der Waals surface area contributed by atoms with Gasteiger partial charge in [-0.1, -0.05) is 48.0 Å². The number of fused-ring (bicyclic) bond motifs is 1. The van der Waals surface area contributed by atoms with Crippen molar-refractivity contribution in [3.05, 3.63) is 100 Å². The lowest BCUT2D eigenvalue weighted by Gasteiger charge is -2.09. The van der Waals surface area contributed by atoms with Gasteiger partial charge in [-0.15, -0.1) is 0 Å². The number of carbonyl (C=O) groups is 1. The Hall–Kier alpha value is -3.71. The summed E-state index contributed by atoms with van der Waals surface area (Å²) >= 11 is 3.53. The van der Waals surface area contributed by atoms with Crippen LogP contribution in [0.4, 0.5) is 0 Å². The van der Waals surface area contributed by atoms with Gasteiger partial charge in [-0.3, -0.25) is 9.78 Å². The summed E-state index contributed by atoms with van der Waals surface area (Å²) in [6, 6.07) is 23.2. The maximum Gasteiger partial charge on any atom is 0.277 e. The minimum absolute atomic E-state index is 0.164. The van der Waals surface area contributed by atoms with Crippen LogP contribution in [0, 0.1) is 6.92 Å². The van der Waals surface area contributed by atoms with Crippen molar-refractivity contribution in [3.63, 3.8) is 0 Å². The number of ether oxygens (including phenoxy) is 2. The van der Waals surface area contributed by atoms with Crippen LogP contribution in [0.25, 0.3) is 10.9 Å². The van der Waals surface area contributed by atoms with Crippen LogP contribution >= 0.6 is 15.9 Å². The molecule has 1 aromatic heterocycles. The maximum atomic E-state index is 12.1. The summed E-state index contributed by atoms with van der Waals surface area (Å²) in [7, 11) is 0. The first-order valence-electron chi connectivity index (χ1n) is 10.3. The Kier molecular flexibility index (Phi) is 7.32. The normalized spacial score (nSPS) is 11.0. The van der Waals surface area contributed by atoms with E-state index >= 15 is 0 Å². The molecule has 0 saturated carbocycles. The van der Waals surface area contributed by atoms with Crippen LogP contribution in [0.2, 0.25) is 0 Å². The fourth-order valence-electron chi connectivity index (χ4n) is 3.22. The molecule has 4 rings (SSSR count). The third kappa shape index (κ3) is 6.17. The molecule has 0 unspecified atom stereocenters. The second-order valence-corrected chi connectivity index (χ2v) is 8.24. The number of amides is 1. The highest BCUT2D eigenvalue weighted by atomic mass is 79.9. The number of aryl methyl sites for hydroxylation is 1. The lowest BCUT2D eigenvalue weighted by Crippen LogP contribution is -2.24. The first-order chi connectivity index (χ1) is 16.1. The highest BCUT2D eigenvalue weighted by molar-refractivity contribution is 9.10. The molecule has 6 nitrogen and oxygen atoms in total. The van der Waals surface area contributed by atoms with Crippen LogP contribution in [-0.2, 0) is 11.4 Å². The maximum absolute atomic E-state index is 12.1. The van der Waals surface area contributed by atoms with E-state index in [9.17, 15) is 4.79 Å². The van der Waals surface area contributed by atoms with Crippen molar-refractivity contribution in [3.8, 4) is 11.5 Å². The zero-order valence-electron chi connectivity index (χ0n) is 18.0. The quantitative estimate of drug-likeness (QED) is 0.257. The first kappa shape index (κ1) is 22.5. The van der Waals surface area contributed by atoms with E-state index in [1.165, 1.54) is 5.56 Å². The van der Waals surface area contributed by atoms with E-state index < -0.39 is 0 Å². The zero-order valence-corrected chi connectivity index (χ0v) is 19.6. The highest BCUT2D eigenvalue weighted by Gasteiger charge is 2.06. The number of carbonyl (C=O) groups excluding carboxylic acids is 1. The van der Waals surface area contributed by atoms with Crippen LogP contribution in [0.3, 0.4) is 0 Å². The van der Waals surface area contributed by atoms with Gasteiger partial charge in [0, 0.05) is 11.6 Å². The molecule has 0 aliphatic rings. The largest absolute Gasteiger partial charge is 0.488 e. The van der Waals surface area contributed by atoms with Crippen molar-refractivity contribution >= 4 is 39.0 Å². The second-order valence-electron chi connectivity index (χ2n) is 7.38. The molecule has 3 aromatic carbocycles. The summed E-state index contributed by atoms with van der Waals surface area (Å²) in [5.41, 5.74) is 6.30. The van der Waals surface area contributed by atoms with Gasteiger partial charge in [-0.25, -0.2) is 5.43 Å². The zero-order chi connectivity index (χ0) is 23.0. The van der Waals surface area contributed by atoms with Gasteiger partial charge in [-0.05, 0) is 64.3 Å². The number of rotatable bonds is 8. The topological polar surface area (TPSA) is 72.8 Å². The van der Waals surface area contributed by atoms with Crippen molar-refractivity contribution in [1.82, 2.24) is 10.4 Å². The summed E-state index contributed by atoms with van der Waals surface area (Å²) in [4.78, 5) is 16.4. The fraction of sp³-hybridized carbons (Fsp3) is 0.115. The van der Waals surface area contributed by atoms with Gasteiger partial charge in [0.25, 0.3) is 5.91 Å². The molecule has 0 fully saturated rings. The molecule has 166 valence electrons. The Morgan fingerprint density at radius 3 is 2.73 bits per heavy atom. The number of nitrogens with one attached hydrogen (secondary N) is 1. The van der Waals surface area contributed by atoms with Gasteiger partial charge in [-0.2, -0.15) is 5.10 Å². The Bertz CT molecular complexity index is 1300. The fourth-order valence-corrected chi connectivity index (χ4v) is 3.74. The summed E-state index contributed by atoms with van der Waals surface area (Å²) in [6.07, 6.45) is 3.25. The number of aromatic nitrogens is 1. The molecule has 0 radical (unpaired) electrons. The molecule has 0 saturated heterocycles. The van der Waals surface area contributed by atoms with Crippen molar-refractivity contribution in [2.75, 3.05) is 6.61 Å². The smallest absolute Gasteiger partial charge is 0.277 e. The van der Waals surface area contributed by atoms with E-state index in [4.69, 9.17) is 9.47 Å². The molecule has 0 spiro atoms. The van der Waals surface area contributed by atoms with Gasteiger partial charge in [0.1, 0.15) is 23.6 Å². The third-order valence-corrected chi connectivity index (χ3v) is 5.41. The van der Waals surface area contributed by atoms with Gasteiger partial charge in [0.05, 0.1) is 10.7 Å². The molecule has 0 aliphatic heterocycles. The minimum Gasteiger partial charge on any atom is -0.488 e. The van der Waals surface area contributed by atoms with Crippen LogP contribution in [-0.4, -0.2) is 23.7 Å². The highest BCUT2D eigenvalue weighted by Crippen LogP contribution is 2.26. The number of halogens is 1. The lowest BCUT2D eigenvalue weighted by atomic mass is 10.1. The molecule has 7 heteroatoms. The summed E-state index contributed by atoms with van der Waals surface area (Å²) in [5.74, 6) is 0.920. The van der Waals surface area contributed by atoms with E-state index in [1.54, 1.807) is 18.5 Å². The summed E-state index contributed by atoms with van der Waals surface area (Å²) in [6.45, 7) is 2.37. The van der Waals surface area contributed by atoms with Crippen molar-refractivity contribution in [2.45, 2.75) is 13.5 Å². The predicted molar refractivity (Wildman–Crippen MR) is 133 cm³/mol. The molecular weight excluding hydrogens is 482 g/mol. The Morgan fingerprint density at radius 2 is 1.88 bits per heavy atom. The number of pyridine rings is 1. The number of benzene rings is 3. The van der Waals surface area contributed by atoms with Crippen molar-refractivity contribution in [1.29, 1.82) is 0 Å². The van der Waals surface area contributed by atoms with E-state index in [0.717, 1.165) is 26.7 Å². The summed E-state index contributed by atoms with van der Waals surface area (Å²) in [5, 5.41) is 4.96. The number of hydrogen-bond donors (Lipinski definition) is 1. The number of hydrazone groups is 1. The predicted octanol–water partition coefficient (Wildman–Crippen LogP) is 5.41. The number of hydrogen-bond acceptors (Lipinski definition) is 5. The molecule has 33 heavy (non-hydrogen) atoms. The third-order valence-electron chi connectivity index (χ3n) is 4.79. The molecule has 1 heterocycles. The summed E-state index contributed by atoms with van der Waals surface area (Å²) < 4.78 is 12.3. The van der Waals surface area contributed by atoms with Gasteiger partial charge in [0.15, 0.2) is 6.61 Å². The van der Waals surface area contributed by atoms with E-state index in [-0.39, 0.29) is 12.5 Å². The number of para-hydroxylation sites is 1. The Morgan fingerprint density at radius 1 is 1.03 bits per heavy atom. The van der Waals surface area contributed by atoms with Crippen LogP contribution in [0.5, 0.6) is 11.5 Å². The van der Waals surface area contributed by atoms with Crippen LogP contribution in [0.1, 0.15) is 16.7 Å². The van der Waals surface area contributed by atoms with E-state index in [1.807, 2.05) is 54.6 Å². The average molecular weight is 504 g/mol. The molecule has 0 atom stereocenters. The average Bonchev–Trinajstić information content (AvgIpc) is 2.82. The Balaban J connectivity index is 1.28. The molecule has 0 bridgehead atoms. The molecule has 0 aliphatic carbocycles. The standard InChI is InChI=1S/C26H22BrN3O3/c1-18-5-2-6-20(13-18)16-32-23-11-10-19(14-22(23)27)15-29-30-25(31)17-33-24-9-3-7-21-8-4-12-28-26(21)24/h2-15H,16-17H2,1H3,(H,30,31)/b29-15+. The Labute approximate surface area is 200 Å². The molecule has 1 N–H and O–H groups in total. The van der Waals surface area contributed by atoms with Crippen LogP contribution < -0.4 is 14.9 Å². The van der Waals surface area contributed by atoms with Gasteiger partial charge >= 0.3 is 0 Å². The van der Waals surface area contributed by atoms with Crippen molar-refractivity contribution in [2.24, 2.45) is 5.10 Å². The SMILES string of the molecule is Cc1cccc(COc2ccc(/C=N/NC(=O)COc3cccc4cccnc34)cc2Br)c1. The van der Waals surface area contributed by atoms with E-state index in [2.05, 4.69) is 50.5 Å². The second kappa shape index (κ2) is 10.7. The van der Waals surface area contributed by atoms with Crippen LogP contribution in [0.15, 0.2) is 88.6 Å². The lowest BCUT2D eigenvalue weighted by molar-refractivity contribution is -0.123. The monoisotopic (exact) mass is 503 g/mol.